The number of nitrogens with one attached hydrogen (secondary N) is 1. The standard InChI is InChI=1S/C17H22N4O2.ClH/c1-12-5-3-4-6-13(12)14-11-15(21(2)20-14)19-16(22)17(18)7-9-23-10-8-17;/h3-6,11H,7-10,18H2,1-2H3,(H,19,22);1H. The number of aryl methyl sites for hydroxylation is 2. The molecule has 3 N–H and O–H groups in total. The van der Waals surface area contributed by atoms with E-state index in [0.717, 1.165) is 16.8 Å². The van der Waals surface area contributed by atoms with E-state index in [2.05, 4.69) is 10.4 Å². The topological polar surface area (TPSA) is 82.2 Å². The van der Waals surface area contributed by atoms with Gasteiger partial charge in [0.05, 0.1) is 5.69 Å². The summed E-state index contributed by atoms with van der Waals surface area (Å²) in [5, 5.41) is 7.41. The smallest absolute Gasteiger partial charge is 0.245 e. The van der Waals surface area contributed by atoms with E-state index < -0.39 is 5.54 Å². The fourth-order valence-electron chi connectivity index (χ4n) is 2.78. The molecule has 0 atom stereocenters. The zero-order valence-corrected chi connectivity index (χ0v) is 14.7. The number of hydrogen-bond acceptors (Lipinski definition) is 4. The summed E-state index contributed by atoms with van der Waals surface area (Å²) in [6.07, 6.45) is 1.06. The number of rotatable bonds is 3. The van der Waals surface area contributed by atoms with Crippen LogP contribution >= 0.6 is 12.4 Å². The highest BCUT2D eigenvalue weighted by atomic mass is 35.5. The minimum atomic E-state index is -0.870. The molecule has 0 spiro atoms. The number of aromatic nitrogens is 2. The highest BCUT2D eigenvalue weighted by Crippen LogP contribution is 2.26. The first-order chi connectivity index (χ1) is 11.0. The Labute approximate surface area is 147 Å². The van der Waals surface area contributed by atoms with Gasteiger partial charge in [-0.25, -0.2) is 0 Å². The largest absolute Gasteiger partial charge is 0.381 e. The van der Waals surface area contributed by atoms with Crippen LogP contribution in [0.5, 0.6) is 0 Å². The van der Waals surface area contributed by atoms with E-state index in [0.29, 0.717) is 31.9 Å². The lowest BCUT2D eigenvalue weighted by molar-refractivity contribution is -0.124. The first kappa shape index (κ1) is 18.4. The third-order valence-electron chi connectivity index (χ3n) is 4.38. The number of anilines is 1. The molecule has 7 heteroatoms. The van der Waals surface area contributed by atoms with Crippen LogP contribution in [0.4, 0.5) is 5.82 Å². The molecule has 1 aromatic carbocycles. The molecule has 2 aromatic rings. The van der Waals surface area contributed by atoms with Crippen molar-refractivity contribution in [2.24, 2.45) is 12.8 Å². The lowest BCUT2D eigenvalue weighted by Crippen LogP contribution is -2.54. The van der Waals surface area contributed by atoms with E-state index >= 15 is 0 Å². The first-order valence-electron chi connectivity index (χ1n) is 7.78. The Hall–Kier alpha value is -1.89. The summed E-state index contributed by atoms with van der Waals surface area (Å²) in [4.78, 5) is 12.5. The molecule has 1 aliphatic rings. The zero-order chi connectivity index (χ0) is 16.4. The molecule has 6 nitrogen and oxygen atoms in total. The van der Waals surface area contributed by atoms with Crippen molar-refractivity contribution in [3.8, 4) is 11.3 Å². The molecule has 24 heavy (non-hydrogen) atoms. The molecule has 0 unspecified atom stereocenters. The van der Waals surface area contributed by atoms with Gasteiger partial charge in [-0.15, -0.1) is 12.4 Å². The number of amides is 1. The second-order valence-corrected chi connectivity index (χ2v) is 6.08. The Bertz CT molecular complexity index is 723. The van der Waals surface area contributed by atoms with E-state index in [-0.39, 0.29) is 18.3 Å². The van der Waals surface area contributed by atoms with Crippen LogP contribution in [0, 0.1) is 6.92 Å². The molecular weight excluding hydrogens is 328 g/mol. The molecule has 0 bridgehead atoms. The average Bonchev–Trinajstić information content (AvgIpc) is 2.89. The Kier molecular flexibility index (Phi) is 5.64. The van der Waals surface area contributed by atoms with Gasteiger partial charge in [-0.1, -0.05) is 24.3 Å². The Morgan fingerprint density at radius 3 is 2.67 bits per heavy atom. The number of halogens is 1. The molecule has 1 aliphatic heterocycles. The second kappa shape index (κ2) is 7.34. The third kappa shape index (κ3) is 3.61. The van der Waals surface area contributed by atoms with Gasteiger partial charge in [0.25, 0.3) is 0 Å². The van der Waals surface area contributed by atoms with Crippen LogP contribution in [0.3, 0.4) is 0 Å². The summed E-state index contributed by atoms with van der Waals surface area (Å²) in [6, 6.07) is 9.91. The summed E-state index contributed by atoms with van der Waals surface area (Å²) in [5.74, 6) is 0.463. The van der Waals surface area contributed by atoms with E-state index in [9.17, 15) is 4.79 Å². The van der Waals surface area contributed by atoms with Crippen molar-refractivity contribution in [3.05, 3.63) is 35.9 Å². The maximum Gasteiger partial charge on any atom is 0.245 e. The monoisotopic (exact) mass is 350 g/mol. The zero-order valence-electron chi connectivity index (χ0n) is 13.9. The molecular formula is C17H23ClN4O2. The Morgan fingerprint density at radius 2 is 2.00 bits per heavy atom. The van der Waals surface area contributed by atoms with Crippen molar-refractivity contribution < 1.29 is 9.53 Å². The van der Waals surface area contributed by atoms with Crippen LogP contribution in [-0.4, -0.2) is 34.4 Å². The van der Waals surface area contributed by atoms with Gasteiger partial charge >= 0.3 is 0 Å². The number of benzene rings is 1. The number of nitrogens with two attached hydrogens (primary N) is 1. The highest BCUT2D eigenvalue weighted by molar-refractivity contribution is 5.97. The van der Waals surface area contributed by atoms with Gasteiger partial charge in [-0.05, 0) is 25.3 Å². The molecule has 1 saturated heterocycles. The molecule has 1 amide bonds. The van der Waals surface area contributed by atoms with Crippen molar-refractivity contribution in [3.63, 3.8) is 0 Å². The van der Waals surface area contributed by atoms with Gasteiger partial charge in [0.1, 0.15) is 11.4 Å². The fraction of sp³-hybridized carbons (Fsp3) is 0.412. The number of ether oxygens (including phenoxy) is 1. The molecule has 1 fully saturated rings. The van der Waals surface area contributed by atoms with Crippen molar-refractivity contribution in [1.82, 2.24) is 9.78 Å². The summed E-state index contributed by atoms with van der Waals surface area (Å²) >= 11 is 0. The van der Waals surface area contributed by atoms with E-state index in [1.807, 2.05) is 44.3 Å². The highest BCUT2D eigenvalue weighted by Gasteiger charge is 2.36. The number of carbonyl (C=O) groups excluding carboxylic acids is 1. The predicted octanol–water partition coefficient (Wildman–Crippen LogP) is 2.26. The van der Waals surface area contributed by atoms with Crippen molar-refractivity contribution in [2.45, 2.75) is 25.3 Å². The normalized spacial score (nSPS) is 16.3. The van der Waals surface area contributed by atoms with E-state index in [4.69, 9.17) is 10.5 Å². The van der Waals surface area contributed by atoms with E-state index in [1.54, 1.807) is 4.68 Å². The van der Waals surface area contributed by atoms with Crippen molar-refractivity contribution >= 4 is 24.1 Å². The predicted molar refractivity (Wildman–Crippen MR) is 96.2 cm³/mol. The minimum Gasteiger partial charge on any atom is -0.381 e. The molecule has 3 rings (SSSR count). The number of carbonyl (C=O) groups is 1. The summed E-state index contributed by atoms with van der Waals surface area (Å²) in [7, 11) is 1.81. The van der Waals surface area contributed by atoms with Crippen LogP contribution in [0.2, 0.25) is 0 Å². The van der Waals surface area contributed by atoms with Crippen LogP contribution < -0.4 is 11.1 Å². The third-order valence-corrected chi connectivity index (χ3v) is 4.38. The van der Waals surface area contributed by atoms with Gasteiger partial charge < -0.3 is 15.8 Å². The van der Waals surface area contributed by atoms with Crippen molar-refractivity contribution in [2.75, 3.05) is 18.5 Å². The number of hydrogen-bond donors (Lipinski definition) is 2. The summed E-state index contributed by atoms with van der Waals surface area (Å²) in [6.45, 7) is 3.08. The van der Waals surface area contributed by atoms with Crippen molar-refractivity contribution in [1.29, 1.82) is 0 Å². The van der Waals surface area contributed by atoms with Gasteiger partial charge in [-0.2, -0.15) is 5.10 Å². The molecule has 1 aromatic heterocycles. The van der Waals surface area contributed by atoms with Crippen LogP contribution in [0.25, 0.3) is 11.3 Å². The fourth-order valence-corrected chi connectivity index (χ4v) is 2.78. The van der Waals surface area contributed by atoms with Crippen LogP contribution in [-0.2, 0) is 16.6 Å². The van der Waals surface area contributed by atoms with Crippen LogP contribution in [0.1, 0.15) is 18.4 Å². The SMILES string of the molecule is Cc1ccccc1-c1cc(NC(=O)C2(N)CCOCC2)n(C)n1.Cl. The minimum absolute atomic E-state index is 0. The molecule has 2 heterocycles. The summed E-state index contributed by atoms with van der Waals surface area (Å²) in [5.41, 5.74) is 8.38. The lowest BCUT2D eigenvalue weighted by Gasteiger charge is -2.31. The Balaban J connectivity index is 0.00000208. The quantitative estimate of drug-likeness (QED) is 0.889. The molecule has 0 radical (unpaired) electrons. The molecule has 0 aliphatic carbocycles. The van der Waals surface area contributed by atoms with E-state index in [1.165, 1.54) is 0 Å². The molecule has 0 saturated carbocycles. The van der Waals surface area contributed by atoms with Gasteiger partial charge in [0, 0.05) is 31.9 Å². The molecule has 130 valence electrons. The lowest BCUT2D eigenvalue weighted by atomic mass is 9.90. The van der Waals surface area contributed by atoms with Gasteiger partial charge in [0.2, 0.25) is 5.91 Å². The maximum atomic E-state index is 12.5. The maximum absolute atomic E-state index is 12.5. The second-order valence-electron chi connectivity index (χ2n) is 6.08. The number of nitrogens with zero attached hydrogens (tertiary/aromatic N) is 2. The van der Waals surface area contributed by atoms with Gasteiger partial charge in [0.15, 0.2) is 0 Å². The van der Waals surface area contributed by atoms with Gasteiger partial charge in [-0.3, -0.25) is 9.48 Å². The van der Waals surface area contributed by atoms with Crippen LogP contribution in [0.15, 0.2) is 30.3 Å². The Morgan fingerprint density at radius 1 is 1.33 bits per heavy atom. The first-order valence-corrected chi connectivity index (χ1v) is 7.78. The summed E-state index contributed by atoms with van der Waals surface area (Å²) < 4.78 is 6.96. The average molecular weight is 351 g/mol.